The quantitative estimate of drug-likeness (QED) is 0.393. The Morgan fingerprint density at radius 1 is 1.32 bits per heavy atom. The topological polar surface area (TPSA) is 91.2 Å². The van der Waals surface area contributed by atoms with E-state index >= 15 is 0 Å². The molecule has 0 radical (unpaired) electrons. The number of hydrogen-bond acceptors (Lipinski definition) is 5. The monoisotopic (exact) mass is 296 g/mol. The largest absolute Gasteiger partial charge is 0.379 e. The van der Waals surface area contributed by atoms with E-state index in [9.17, 15) is 4.39 Å². The molecule has 1 aromatic heterocycles. The minimum absolute atomic E-state index is 0.00772. The molecule has 0 spiro atoms. The van der Waals surface area contributed by atoms with E-state index in [0.717, 1.165) is 0 Å². The summed E-state index contributed by atoms with van der Waals surface area (Å²) in [6.45, 7) is 3.61. The summed E-state index contributed by atoms with van der Waals surface area (Å²) in [4.78, 5) is 7.92. The van der Waals surface area contributed by atoms with Crippen molar-refractivity contribution in [1.82, 2.24) is 15.0 Å². The fraction of sp³-hybridized carbons (Fsp3) is 0.0667. The number of hydrogen-bond donors (Lipinski definition) is 1. The van der Waals surface area contributed by atoms with Crippen LogP contribution in [-0.2, 0) is 6.54 Å². The van der Waals surface area contributed by atoms with E-state index in [-0.39, 0.29) is 23.9 Å². The Bertz CT molecular complexity index is 735. The summed E-state index contributed by atoms with van der Waals surface area (Å²) in [5.74, 6) is -0.178. The number of nitrogens with zero attached hydrogens (tertiary/aromatic N) is 5. The van der Waals surface area contributed by atoms with Gasteiger partial charge in [0.15, 0.2) is 11.7 Å². The summed E-state index contributed by atoms with van der Waals surface area (Å²) in [6, 6.07) is 9.71. The van der Waals surface area contributed by atoms with Crippen LogP contribution < -0.4 is 5.73 Å². The molecule has 2 rings (SSSR count). The highest BCUT2D eigenvalue weighted by molar-refractivity contribution is 5.93. The van der Waals surface area contributed by atoms with Crippen LogP contribution in [-0.4, -0.2) is 20.8 Å². The van der Waals surface area contributed by atoms with E-state index in [1.54, 1.807) is 24.3 Å². The van der Waals surface area contributed by atoms with Crippen molar-refractivity contribution in [2.24, 2.45) is 10.8 Å². The van der Waals surface area contributed by atoms with Gasteiger partial charge in [0, 0.05) is 18.0 Å². The second-order valence-corrected chi connectivity index (χ2v) is 4.27. The Balaban J connectivity index is 2.30. The van der Waals surface area contributed by atoms with Crippen molar-refractivity contribution in [1.29, 1.82) is 5.26 Å². The van der Waals surface area contributed by atoms with Gasteiger partial charge in [-0.15, -0.1) is 0 Å². The highest BCUT2D eigenvalue weighted by Gasteiger charge is 2.12. The molecule has 7 heteroatoms. The van der Waals surface area contributed by atoms with Crippen LogP contribution in [0.2, 0.25) is 0 Å². The van der Waals surface area contributed by atoms with Crippen molar-refractivity contribution in [2.45, 2.75) is 6.54 Å². The fourth-order valence-electron chi connectivity index (χ4n) is 1.64. The standard InChI is InChI=1S/C15H13FN6/c1-11(9-17)22(10-12-5-2-3-6-13(12)16)21-14(18)15-19-7-4-8-20-15/h2-8H,1,10H2,(H2,18,21). The lowest BCUT2D eigenvalue weighted by atomic mass is 10.2. The highest BCUT2D eigenvalue weighted by Crippen LogP contribution is 2.13. The van der Waals surface area contributed by atoms with Gasteiger partial charge >= 0.3 is 0 Å². The number of nitriles is 1. The van der Waals surface area contributed by atoms with Crippen LogP contribution in [0.15, 0.2) is 60.1 Å². The molecule has 0 amide bonds. The molecule has 0 bridgehead atoms. The van der Waals surface area contributed by atoms with Gasteiger partial charge in [0.2, 0.25) is 0 Å². The Morgan fingerprint density at radius 2 is 2.00 bits per heavy atom. The zero-order chi connectivity index (χ0) is 15.9. The summed E-state index contributed by atoms with van der Waals surface area (Å²) < 4.78 is 13.7. The third-order valence-corrected chi connectivity index (χ3v) is 2.74. The van der Waals surface area contributed by atoms with E-state index < -0.39 is 5.82 Å². The van der Waals surface area contributed by atoms with Crippen LogP contribution in [0.25, 0.3) is 0 Å². The molecule has 2 aromatic rings. The van der Waals surface area contributed by atoms with Crippen molar-refractivity contribution in [2.75, 3.05) is 0 Å². The first-order valence-electron chi connectivity index (χ1n) is 6.33. The van der Waals surface area contributed by atoms with Crippen molar-refractivity contribution < 1.29 is 4.39 Å². The number of nitrogens with two attached hydrogens (primary N) is 1. The molecule has 0 fully saturated rings. The molecule has 1 aromatic carbocycles. The third kappa shape index (κ3) is 3.64. The Hall–Kier alpha value is -3.27. The van der Waals surface area contributed by atoms with Crippen LogP contribution in [0, 0.1) is 17.1 Å². The minimum atomic E-state index is -0.400. The number of rotatable bonds is 5. The van der Waals surface area contributed by atoms with Crippen molar-refractivity contribution in [3.63, 3.8) is 0 Å². The molecule has 0 aliphatic heterocycles. The van der Waals surface area contributed by atoms with E-state index in [1.807, 2.05) is 6.07 Å². The number of hydrazone groups is 1. The van der Waals surface area contributed by atoms with Crippen LogP contribution in [0.5, 0.6) is 0 Å². The Labute approximate surface area is 127 Å². The van der Waals surface area contributed by atoms with E-state index in [0.29, 0.717) is 5.56 Å². The SMILES string of the molecule is C=C(C#N)N(Cc1ccccc1F)/N=C(\N)c1ncccn1. The average Bonchev–Trinajstić information content (AvgIpc) is 2.56. The number of allylic oxidation sites excluding steroid dienone is 1. The van der Waals surface area contributed by atoms with Crippen LogP contribution in [0.3, 0.4) is 0 Å². The molecule has 0 aliphatic carbocycles. The van der Waals surface area contributed by atoms with Gasteiger partial charge in [-0.25, -0.2) is 19.4 Å². The highest BCUT2D eigenvalue weighted by atomic mass is 19.1. The molecule has 1 heterocycles. The fourth-order valence-corrected chi connectivity index (χ4v) is 1.64. The van der Waals surface area contributed by atoms with E-state index in [1.165, 1.54) is 23.5 Å². The van der Waals surface area contributed by atoms with Crippen molar-refractivity contribution in [3.05, 3.63) is 72.2 Å². The smallest absolute Gasteiger partial charge is 0.196 e. The zero-order valence-electron chi connectivity index (χ0n) is 11.6. The number of benzene rings is 1. The van der Waals surface area contributed by atoms with Crippen LogP contribution in [0.1, 0.15) is 11.4 Å². The van der Waals surface area contributed by atoms with Gasteiger partial charge in [-0.05, 0) is 12.1 Å². The number of halogens is 1. The predicted octanol–water partition coefficient (Wildman–Crippen LogP) is 1.78. The molecule has 110 valence electrons. The zero-order valence-corrected chi connectivity index (χ0v) is 11.6. The van der Waals surface area contributed by atoms with Gasteiger partial charge in [-0.3, -0.25) is 0 Å². The van der Waals surface area contributed by atoms with Crippen molar-refractivity contribution >= 4 is 5.84 Å². The third-order valence-electron chi connectivity index (χ3n) is 2.74. The first kappa shape index (κ1) is 15.1. The second-order valence-electron chi connectivity index (χ2n) is 4.27. The first-order chi connectivity index (χ1) is 10.6. The number of aromatic nitrogens is 2. The summed E-state index contributed by atoms with van der Waals surface area (Å²) in [5.41, 5.74) is 6.21. The van der Waals surface area contributed by atoms with E-state index in [4.69, 9.17) is 11.0 Å². The van der Waals surface area contributed by atoms with Crippen LogP contribution >= 0.6 is 0 Å². The van der Waals surface area contributed by atoms with Gasteiger partial charge in [-0.2, -0.15) is 10.4 Å². The normalized spacial score (nSPS) is 10.8. The summed E-state index contributed by atoms with van der Waals surface area (Å²) >= 11 is 0. The van der Waals surface area contributed by atoms with Crippen molar-refractivity contribution in [3.8, 4) is 6.07 Å². The first-order valence-corrected chi connectivity index (χ1v) is 6.33. The molecule has 0 saturated carbocycles. The lowest BCUT2D eigenvalue weighted by molar-refractivity contribution is 0.364. The van der Waals surface area contributed by atoms with Crippen LogP contribution in [0.4, 0.5) is 4.39 Å². The molecule has 0 aliphatic rings. The maximum absolute atomic E-state index is 13.7. The molecule has 22 heavy (non-hydrogen) atoms. The lowest BCUT2D eigenvalue weighted by Crippen LogP contribution is -2.24. The van der Waals surface area contributed by atoms with Gasteiger partial charge in [0.25, 0.3) is 0 Å². The second kappa shape index (κ2) is 6.95. The molecular formula is C15H13FN6. The van der Waals surface area contributed by atoms with Gasteiger partial charge in [0.05, 0.1) is 6.54 Å². The Kier molecular flexibility index (Phi) is 4.78. The molecule has 0 atom stereocenters. The lowest BCUT2D eigenvalue weighted by Gasteiger charge is -2.18. The minimum Gasteiger partial charge on any atom is -0.379 e. The maximum Gasteiger partial charge on any atom is 0.196 e. The maximum atomic E-state index is 13.7. The predicted molar refractivity (Wildman–Crippen MR) is 79.5 cm³/mol. The van der Waals surface area contributed by atoms with Gasteiger partial charge in [0.1, 0.15) is 17.6 Å². The Morgan fingerprint density at radius 3 is 2.64 bits per heavy atom. The molecule has 0 unspecified atom stereocenters. The van der Waals surface area contributed by atoms with E-state index in [2.05, 4.69) is 21.6 Å². The van der Waals surface area contributed by atoms with Gasteiger partial charge < -0.3 is 5.73 Å². The summed E-state index contributed by atoms with van der Waals surface area (Å²) in [7, 11) is 0. The summed E-state index contributed by atoms with van der Waals surface area (Å²) in [5, 5.41) is 14.3. The molecule has 2 N–H and O–H groups in total. The molecule has 0 saturated heterocycles. The molecule has 6 nitrogen and oxygen atoms in total. The van der Waals surface area contributed by atoms with Gasteiger partial charge in [-0.1, -0.05) is 24.8 Å². The average molecular weight is 296 g/mol. The number of amidine groups is 1. The summed E-state index contributed by atoms with van der Waals surface area (Å²) in [6.07, 6.45) is 3.04. The molecular weight excluding hydrogens is 283 g/mol.